The summed E-state index contributed by atoms with van der Waals surface area (Å²) in [6, 6.07) is 0. The predicted octanol–water partition coefficient (Wildman–Crippen LogP) is 11.6. The van der Waals surface area contributed by atoms with E-state index in [1.54, 1.807) is 0 Å². The van der Waals surface area contributed by atoms with Crippen LogP contribution in [0, 0.1) is 5.92 Å². The largest absolute Gasteiger partial charge is 0.462 e. The fourth-order valence-electron chi connectivity index (χ4n) is 5.57. The molecule has 0 fully saturated rings. The van der Waals surface area contributed by atoms with Crippen LogP contribution < -0.4 is 0 Å². The van der Waals surface area contributed by atoms with Gasteiger partial charge in [0.2, 0.25) is 0 Å². The van der Waals surface area contributed by atoms with Crippen molar-refractivity contribution < 1.29 is 28.6 Å². The standard InChI is InChI=1S/C39H74O6/c1-5-7-9-11-12-13-16-20-24-28-32-39(42)45-36(33-43-37(40)30-26-21-10-8-6-2)34-44-38(41)31-27-23-19-17-14-15-18-22-25-29-35(3)4/h35-36H,5-34H2,1-4H3/t36-/m0/s1. The third-order valence-corrected chi connectivity index (χ3v) is 8.54. The third-order valence-electron chi connectivity index (χ3n) is 8.54. The number of unbranched alkanes of at least 4 members (excludes halogenated alkanes) is 21. The van der Waals surface area contributed by atoms with Gasteiger partial charge in [0.25, 0.3) is 0 Å². The van der Waals surface area contributed by atoms with Crippen LogP contribution in [-0.2, 0) is 28.6 Å². The van der Waals surface area contributed by atoms with Gasteiger partial charge in [0, 0.05) is 19.3 Å². The smallest absolute Gasteiger partial charge is 0.306 e. The first-order valence-electron chi connectivity index (χ1n) is 19.4. The highest BCUT2D eigenvalue weighted by atomic mass is 16.6. The molecule has 0 radical (unpaired) electrons. The van der Waals surface area contributed by atoms with Crippen LogP contribution >= 0.6 is 0 Å². The number of esters is 3. The first-order chi connectivity index (χ1) is 21.9. The summed E-state index contributed by atoms with van der Waals surface area (Å²) in [5, 5.41) is 0. The zero-order chi connectivity index (χ0) is 33.2. The minimum absolute atomic E-state index is 0.0663. The van der Waals surface area contributed by atoms with Crippen molar-refractivity contribution in [1.82, 2.24) is 0 Å². The topological polar surface area (TPSA) is 78.9 Å². The molecule has 0 heterocycles. The first kappa shape index (κ1) is 43.4. The Kier molecular flexibility index (Phi) is 32.6. The maximum atomic E-state index is 12.5. The summed E-state index contributed by atoms with van der Waals surface area (Å²) in [5.41, 5.74) is 0. The Morgan fingerprint density at radius 2 is 0.733 bits per heavy atom. The molecule has 0 aliphatic rings. The molecule has 0 rings (SSSR count). The number of hydrogen-bond acceptors (Lipinski definition) is 6. The van der Waals surface area contributed by atoms with E-state index in [-0.39, 0.29) is 31.1 Å². The molecule has 0 aliphatic heterocycles. The van der Waals surface area contributed by atoms with Crippen molar-refractivity contribution in [3.8, 4) is 0 Å². The van der Waals surface area contributed by atoms with Crippen molar-refractivity contribution in [2.45, 2.75) is 214 Å². The molecule has 0 saturated heterocycles. The SMILES string of the molecule is CCCCCCCCCCCCC(=O)O[C@@H](COC(=O)CCCCCCC)COC(=O)CCCCCCCCCCCC(C)C. The second-order valence-electron chi connectivity index (χ2n) is 13.7. The molecule has 0 unspecified atom stereocenters. The molecule has 0 N–H and O–H groups in total. The van der Waals surface area contributed by atoms with E-state index in [0.29, 0.717) is 19.3 Å². The Bertz CT molecular complexity index is 676. The monoisotopic (exact) mass is 639 g/mol. The average Bonchev–Trinajstić information content (AvgIpc) is 3.01. The van der Waals surface area contributed by atoms with Gasteiger partial charge in [-0.2, -0.15) is 0 Å². The molecule has 0 aromatic carbocycles. The van der Waals surface area contributed by atoms with Crippen LogP contribution in [0.25, 0.3) is 0 Å². The quantitative estimate of drug-likeness (QED) is 0.0396. The number of carbonyl (C=O) groups excluding carboxylic acids is 3. The second-order valence-corrected chi connectivity index (χ2v) is 13.7. The molecular formula is C39H74O6. The molecule has 1 atom stereocenters. The lowest BCUT2D eigenvalue weighted by Crippen LogP contribution is -2.30. The van der Waals surface area contributed by atoms with Gasteiger partial charge < -0.3 is 14.2 Å². The van der Waals surface area contributed by atoms with E-state index < -0.39 is 6.10 Å². The molecule has 6 heteroatoms. The highest BCUT2D eigenvalue weighted by Crippen LogP contribution is 2.15. The molecule has 0 saturated carbocycles. The van der Waals surface area contributed by atoms with Crippen molar-refractivity contribution in [2.75, 3.05) is 13.2 Å². The molecule has 0 aromatic heterocycles. The van der Waals surface area contributed by atoms with Crippen molar-refractivity contribution in [3.63, 3.8) is 0 Å². The molecule has 6 nitrogen and oxygen atoms in total. The van der Waals surface area contributed by atoms with Gasteiger partial charge in [-0.3, -0.25) is 14.4 Å². The average molecular weight is 639 g/mol. The Balaban J connectivity index is 4.26. The summed E-state index contributed by atoms with van der Waals surface area (Å²) in [4.78, 5) is 37.2. The minimum atomic E-state index is -0.755. The fraction of sp³-hybridized carbons (Fsp3) is 0.923. The van der Waals surface area contributed by atoms with Crippen molar-refractivity contribution >= 4 is 17.9 Å². The second kappa shape index (κ2) is 33.8. The van der Waals surface area contributed by atoms with E-state index in [9.17, 15) is 14.4 Å². The van der Waals surface area contributed by atoms with Crippen LogP contribution in [0.2, 0.25) is 0 Å². The van der Waals surface area contributed by atoms with E-state index in [1.807, 2.05) is 0 Å². The van der Waals surface area contributed by atoms with Gasteiger partial charge in [0.15, 0.2) is 6.10 Å². The zero-order valence-electron chi connectivity index (χ0n) is 30.3. The van der Waals surface area contributed by atoms with Crippen LogP contribution in [0.4, 0.5) is 0 Å². The van der Waals surface area contributed by atoms with Gasteiger partial charge in [0.05, 0.1) is 0 Å². The van der Waals surface area contributed by atoms with E-state index in [0.717, 1.165) is 70.1 Å². The minimum Gasteiger partial charge on any atom is -0.462 e. The normalized spacial score (nSPS) is 11.9. The van der Waals surface area contributed by atoms with Gasteiger partial charge >= 0.3 is 17.9 Å². The summed E-state index contributed by atoms with van der Waals surface area (Å²) >= 11 is 0. The number of carbonyl (C=O) groups is 3. The van der Waals surface area contributed by atoms with E-state index in [1.165, 1.54) is 96.3 Å². The summed E-state index contributed by atoms with van der Waals surface area (Å²) in [7, 11) is 0. The van der Waals surface area contributed by atoms with E-state index in [2.05, 4.69) is 27.7 Å². The molecule has 266 valence electrons. The molecule has 0 bridgehead atoms. The Morgan fingerprint density at radius 3 is 1.09 bits per heavy atom. The highest BCUT2D eigenvalue weighted by molar-refractivity contribution is 5.71. The molecular weight excluding hydrogens is 564 g/mol. The highest BCUT2D eigenvalue weighted by Gasteiger charge is 2.19. The Hall–Kier alpha value is -1.59. The van der Waals surface area contributed by atoms with Gasteiger partial charge in [-0.05, 0) is 25.2 Å². The van der Waals surface area contributed by atoms with Crippen LogP contribution in [0.3, 0.4) is 0 Å². The summed E-state index contributed by atoms with van der Waals surface area (Å²) in [6.07, 6.45) is 29.7. The van der Waals surface area contributed by atoms with Crippen LogP contribution in [0.5, 0.6) is 0 Å². The van der Waals surface area contributed by atoms with Crippen LogP contribution in [-0.4, -0.2) is 37.2 Å². The maximum absolute atomic E-state index is 12.5. The fourth-order valence-corrected chi connectivity index (χ4v) is 5.57. The van der Waals surface area contributed by atoms with Gasteiger partial charge in [0.1, 0.15) is 13.2 Å². The van der Waals surface area contributed by atoms with Crippen LogP contribution in [0.1, 0.15) is 207 Å². The molecule has 0 spiro atoms. The molecule has 0 aliphatic carbocycles. The van der Waals surface area contributed by atoms with E-state index in [4.69, 9.17) is 14.2 Å². The summed E-state index contributed by atoms with van der Waals surface area (Å²) < 4.78 is 16.5. The molecule has 45 heavy (non-hydrogen) atoms. The number of hydrogen-bond donors (Lipinski definition) is 0. The van der Waals surface area contributed by atoms with Crippen molar-refractivity contribution in [1.29, 1.82) is 0 Å². The predicted molar refractivity (Wildman–Crippen MR) is 187 cm³/mol. The maximum Gasteiger partial charge on any atom is 0.306 e. The zero-order valence-corrected chi connectivity index (χ0v) is 30.3. The van der Waals surface area contributed by atoms with Crippen molar-refractivity contribution in [3.05, 3.63) is 0 Å². The lowest BCUT2D eigenvalue weighted by molar-refractivity contribution is -0.167. The Morgan fingerprint density at radius 1 is 0.422 bits per heavy atom. The summed E-state index contributed by atoms with van der Waals surface area (Å²) in [5.74, 6) is -0.0716. The van der Waals surface area contributed by atoms with Gasteiger partial charge in [-0.15, -0.1) is 0 Å². The number of rotatable bonds is 34. The first-order valence-corrected chi connectivity index (χ1v) is 19.4. The molecule has 0 amide bonds. The Labute approximate surface area is 278 Å². The van der Waals surface area contributed by atoms with Crippen molar-refractivity contribution in [2.24, 2.45) is 5.92 Å². The number of ether oxygens (including phenoxy) is 3. The third kappa shape index (κ3) is 33.6. The van der Waals surface area contributed by atoms with Crippen LogP contribution in [0.15, 0.2) is 0 Å². The summed E-state index contributed by atoms with van der Waals surface area (Å²) in [6.45, 7) is 8.85. The lowest BCUT2D eigenvalue weighted by Gasteiger charge is -2.18. The molecule has 0 aromatic rings. The van der Waals surface area contributed by atoms with E-state index >= 15 is 0 Å². The lowest BCUT2D eigenvalue weighted by atomic mass is 10.0. The van der Waals surface area contributed by atoms with Gasteiger partial charge in [-0.1, -0.05) is 169 Å². The van der Waals surface area contributed by atoms with Gasteiger partial charge in [-0.25, -0.2) is 0 Å².